The fraction of sp³-hybridized carbons (Fsp3) is 0.909. The summed E-state index contributed by atoms with van der Waals surface area (Å²) in [5, 5.41) is 17.6. The van der Waals surface area contributed by atoms with Crippen LogP contribution in [-0.2, 0) is 4.79 Å². The van der Waals surface area contributed by atoms with E-state index < -0.39 is 5.97 Å². The van der Waals surface area contributed by atoms with Crippen LogP contribution in [0.4, 0.5) is 0 Å². The Morgan fingerprint density at radius 1 is 1.33 bits per heavy atom. The minimum Gasteiger partial charge on any atom is -0.481 e. The largest absolute Gasteiger partial charge is 0.481 e. The summed E-state index contributed by atoms with van der Waals surface area (Å²) in [7, 11) is 0. The van der Waals surface area contributed by atoms with Crippen molar-refractivity contribution < 1.29 is 15.0 Å². The number of rotatable bonds is 7. The van der Waals surface area contributed by atoms with Crippen LogP contribution in [0.25, 0.3) is 0 Å². The number of carboxylic acid groups (broad SMARTS) is 1. The molecule has 1 saturated heterocycles. The van der Waals surface area contributed by atoms with Crippen molar-refractivity contribution >= 4 is 5.97 Å². The fourth-order valence-electron chi connectivity index (χ4n) is 2.16. The van der Waals surface area contributed by atoms with E-state index in [9.17, 15) is 4.79 Å². The van der Waals surface area contributed by atoms with Crippen LogP contribution in [0.5, 0.6) is 0 Å². The molecule has 2 N–H and O–H groups in total. The highest BCUT2D eigenvalue weighted by molar-refractivity contribution is 5.66. The molecule has 0 saturated carbocycles. The van der Waals surface area contributed by atoms with Gasteiger partial charge in [0.1, 0.15) is 0 Å². The molecular weight excluding hydrogens is 194 g/mol. The topological polar surface area (TPSA) is 60.8 Å². The summed E-state index contributed by atoms with van der Waals surface area (Å²) in [6.07, 6.45) is 5.35. The van der Waals surface area contributed by atoms with Gasteiger partial charge in [0.2, 0.25) is 0 Å². The van der Waals surface area contributed by atoms with E-state index in [0.29, 0.717) is 6.04 Å². The highest BCUT2D eigenvalue weighted by Gasteiger charge is 2.22. The number of aliphatic hydroxyl groups is 1. The molecule has 0 bridgehead atoms. The van der Waals surface area contributed by atoms with E-state index in [-0.39, 0.29) is 13.0 Å². The molecule has 1 aliphatic rings. The first kappa shape index (κ1) is 12.5. The number of carbonyl (C=O) groups is 1. The van der Waals surface area contributed by atoms with Crippen LogP contribution in [0, 0.1) is 0 Å². The third-order valence-electron chi connectivity index (χ3n) is 3.05. The first-order valence-electron chi connectivity index (χ1n) is 5.80. The van der Waals surface area contributed by atoms with Crippen molar-refractivity contribution in [2.75, 3.05) is 19.7 Å². The third kappa shape index (κ3) is 4.62. The molecule has 1 rings (SSSR count). The fourth-order valence-corrected chi connectivity index (χ4v) is 2.16. The smallest absolute Gasteiger partial charge is 0.303 e. The average molecular weight is 215 g/mol. The zero-order valence-electron chi connectivity index (χ0n) is 9.19. The van der Waals surface area contributed by atoms with Gasteiger partial charge in [0, 0.05) is 12.5 Å². The quantitative estimate of drug-likeness (QED) is 0.624. The summed E-state index contributed by atoms with van der Waals surface area (Å²) < 4.78 is 0. The normalized spacial score (nSPS) is 22.1. The predicted molar refractivity (Wildman–Crippen MR) is 57.8 cm³/mol. The molecule has 0 aromatic heterocycles. The van der Waals surface area contributed by atoms with Gasteiger partial charge in [-0.15, -0.1) is 0 Å². The van der Waals surface area contributed by atoms with Crippen LogP contribution < -0.4 is 0 Å². The first-order chi connectivity index (χ1) is 7.24. The van der Waals surface area contributed by atoms with E-state index >= 15 is 0 Å². The maximum absolute atomic E-state index is 10.3. The van der Waals surface area contributed by atoms with E-state index in [0.717, 1.165) is 38.8 Å². The van der Waals surface area contributed by atoms with Gasteiger partial charge in [-0.2, -0.15) is 0 Å². The monoisotopic (exact) mass is 215 g/mol. The lowest BCUT2D eigenvalue weighted by Crippen LogP contribution is -2.32. The van der Waals surface area contributed by atoms with Crippen LogP contribution >= 0.6 is 0 Å². The van der Waals surface area contributed by atoms with Gasteiger partial charge in [0.15, 0.2) is 0 Å². The van der Waals surface area contributed by atoms with Gasteiger partial charge in [0.05, 0.1) is 6.61 Å². The first-order valence-corrected chi connectivity index (χ1v) is 5.80. The number of carboxylic acids is 1. The maximum Gasteiger partial charge on any atom is 0.303 e. The van der Waals surface area contributed by atoms with Crippen LogP contribution in [0.1, 0.15) is 38.5 Å². The van der Waals surface area contributed by atoms with Gasteiger partial charge in [0.25, 0.3) is 0 Å². The Bertz CT molecular complexity index is 196. The Morgan fingerprint density at radius 2 is 2.13 bits per heavy atom. The number of nitrogens with zero attached hydrogens (tertiary/aromatic N) is 1. The summed E-state index contributed by atoms with van der Waals surface area (Å²) in [5.41, 5.74) is 0. The second-order valence-corrected chi connectivity index (χ2v) is 4.22. The van der Waals surface area contributed by atoms with Gasteiger partial charge < -0.3 is 10.2 Å². The lowest BCUT2D eigenvalue weighted by atomic mass is 10.2. The zero-order chi connectivity index (χ0) is 11.1. The van der Waals surface area contributed by atoms with E-state index in [1.807, 2.05) is 0 Å². The molecule has 0 aromatic rings. The molecule has 1 aliphatic heterocycles. The zero-order valence-corrected chi connectivity index (χ0v) is 9.19. The Balaban J connectivity index is 2.02. The third-order valence-corrected chi connectivity index (χ3v) is 3.05. The van der Waals surface area contributed by atoms with Crippen LogP contribution in [0.2, 0.25) is 0 Å². The van der Waals surface area contributed by atoms with Crippen molar-refractivity contribution in [3.63, 3.8) is 0 Å². The van der Waals surface area contributed by atoms with Crippen LogP contribution in [-0.4, -0.2) is 46.8 Å². The number of aliphatic carboxylic acids is 1. The van der Waals surface area contributed by atoms with Gasteiger partial charge in [-0.1, -0.05) is 6.42 Å². The summed E-state index contributed by atoms with van der Waals surface area (Å²) >= 11 is 0. The van der Waals surface area contributed by atoms with Gasteiger partial charge in [-0.3, -0.25) is 9.69 Å². The molecule has 88 valence electrons. The minimum atomic E-state index is -0.704. The molecule has 1 unspecified atom stereocenters. The van der Waals surface area contributed by atoms with E-state index in [1.54, 1.807) is 0 Å². The Morgan fingerprint density at radius 3 is 2.80 bits per heavy atom. The van der Waals surface area contributed by atoms with Crippen molar-refractivity contribution in [2.24, 2.45) is 0 Å². The predicted octanol–water partition coefficient (Wildman–Crippen LogP) is 1.09. The molecule has 0 aliphatic carbocycles. The molecule has 4 heteroatoms. The summed E-state index contributed by atoms with van der Waals surface area (Å²) in [4.78, 5) is 12.6. The average Bonchev–Trinajstić information content (AvgIpc) is 2.64. The molecule has 0 aromatic carbocycles. The van der Waals surface area contributed by atoms with Crippen molar-refractivity contribution in [3.8, 4) is 0 Å². The maximum atomic E-state index is 10.3. The standard InChI is InChI=1S/C11H21NO3/c13-9-10-5-4-8-12(10)7-3-1-2-6-11(14)15/h10,13H,1-9H2,(H,14,15). The molecule has 0 amide bonds. The van der Waals surface area contributed by atoms with Gasteiger partial charge in [-0.25, -0.2) is 0 Å². The van der Waals surface area contributed by atoms with E-state index in [2.05, 4.69) is 4.90 Å². The molecule has 0 spiro atoms. The van der Waals surface area contributed by atoms with Crippen molar-refractivity contribution in [1.82, 2.24) is 4.90 Å². The van der Waals surface area contributed by atoms with Crippen molar-refractivity contribution in [2.45, 2.75) is 44.6 Å². The van der Waals surface area contributed by atoms with Gasteiger partial charge in [-0.05, 0) is 38.8 Å². The number of hydrogen-bond donors (Lipinski definition) is 2. The molecule has 15 heavy (non-hydrogen) atoms. The molecule has 1 heterocycles. The summed E-state index contributed by atoms with van der Waals surface area (Å²) in [6, 6.07) is 0.351. The second kappa shape index (κ2) is 6.80. The number of unbranched alkanes of at least 4 members (excludes halogenated alkanes) is 2. The number of hydrogen-bond acceptors (Lipinski definition) is 3. The van der Waals surface area contributed by atoms with Crippen molar-refractivity contribution in [1.29, 1.82) is 0 Å². The highest BCUT2D eigenvalue weighted by Crippen LogP contribution is 2.17. The van der Waals surface area contributed by atoms with Crippen molar-refractivity contribution in [3.05, 3.63) is 0 Å². The molecule has 1 fully saturated rings. The highest BCUT2D eigenvalue weighted by atomic mass is 16.4. The minimum absolute atomic E-state index is 0.259. The summed E-state index contributed by atoms with van der Waals surface area (Å²) in [6.45, 7) is 2.35. The second-order valence-electron chi connectivity index (χ2n) is 4.22. The Kier molecular flexibility index (Phi) is 5.65. The summed E-state index contributed by atoms with van der Waals surface area (Å²) in [5.74, 6) is -0.704. The van der Waals surface area contributed by atoms with Gasteiger partial charge >= 0.3 is 5.97 Å². The molecule has 0 radical (unpaired) electrons. The number of likely N-dealkylation sites (tertiary alicyclic amines) is 1. The Labute approximate surface area is 90.9 Å². The molecule has 4 nitrogen and oxygen atoms in total. The SMILES string of the molecule is O=C(O)CCCCCN1CCCC1CO. The molecular formula is C11H21NO3. The number of aliphatic hydroxyl groups excluding tert-OH is 1. The van der Waals surface area contributed by atoms with Crippen LogP contribution in [0.15, 0.2) is 0 Å². The lowest BCUT2D eigenvalue weighted by Gasteiger charge is -2.22. The van der Waals surface area contributed by atoms with E-state index in [1.165, 1.54) is 6.42 Å². The van der Waals surface area contributed by atoms with Crippen LogP contribution in [0.3, 0.4) is 0 Å². The Hall–Kier alpha value is -0.610. The van der Waals surface area contributed by atoms with E-state index in [4.69, 9.17) is 10.2 Å². The molecule has 1 atom stereocenters. The lowest BCUT2D eigenvalue weighted by molar-refractivity contribution is -0.137.